The van der Waals surface area contributed by atoms with Crippen LogP contribution >= 0.6 is 0 Å². The number of hydrogen-bond acceptors (Lipinski definition) is 8. The molecule has 1 aliphatic rings. The average molecular weight is 391 g/mol. The second-order valence-corrected chi connectivity index (χ2v) is 7.54. The number of nitrogens with one attached hydrogen (secondary N) is 1. The minimum atomic E-state index is -3.82. The quantitative estimate of drug-likeness (QED) is 0.448. The minimum absolute atomic E-state index is 0.0891. The number of anilines is 1. The van der Waals surface area contributed by atoms with E-state index < -0.39 is 14.9 Å². The summed E-state index contributed by atoms with van der Waals surface area (Å²) >= 11 is 0. The molecular formula is C16H17N5O5S. The van der Waals surface area contributed by atoms with Crippen molar-refractivity contribution in [3.05, 3.63) is 58.4 Å². The van der Waals surface area contributed by atoms with E-state index in [9.17, 15) is 18.5 Å². The summed E-state index contributed by atoms with van der Waals surface area (Å²) in [6.45, 7) is 1.02. The van der Waals surface area contributed by atoms with Crippen molar-refractivity contribution in [2.75, 3.05) is 31.7 Å². The molecule has 1 N–H and O–H groups in total. The molecule has 0 atom stereocenters. The maximum absolute atomic E-state index is 12.7. The third-order valence-corrected chi connectivity index (χ3v) is 5.77. The fourth-order valence-electron chi connectivity index (χ4n) is 2.48. The first-order valence-corrected chi connectivity index (χ1v) is 9.48. The molecule has 0 unspecified atom stereocenters. The fourth-order valence-corrected chi connectivity index (χ4v) is 3.91. The minimum Gasteiger partial charge on any atom is -0.379 e. The molecule has 142 valence electrons. The lowest BCUT2D eigenvalue weighted by Gasteiger charge is -2.26. The molecule has 10 nitrogen and oxygen atoms in total. The van der Waals surface area contributed by atoms with Crippen molar-refractivity contribution >= 4 is 27.6 Å². The molecule has 27 heavy (non-hydrogen) atoms. The van der Waals surface area contributed by atoms with E-state index in [2.05, 4.69) is 15.5 Å². The van der Waals surface area contributed by atoms with Gasteiger partial charge >= 0.3 is 0 Å². The molecule has 1 aliphatic heterocycles. The Morgan fingerprint density at radius 2 is 1.93 bits per heavy atom. The van der Waals surface area contributed by atoms with Gasteiger partial charge in [-0.05, 0) is 29.8 Å². The van der Waals surface area contributed by atoms with E-state index in [1.807, 2.05) is 0 Å². The standard InChI is InChI=1S/C16H17N5O5S/c22-21(23)16-11-14(27(24,25)20-7-9-26-10-8-20)1-2-15(16)19-18-12-13-3-5-17-6-4-13/h1-6,11-12,19H,7-10H2/b18-12+. The summed E-state index contributed by atoms with van der Waals surface area (Å²) in [6.07, 6.45) is 4.66. The van der Waals surface area contributed by atoms with E-state index in [0.29, 0.717) is 13.2 Å². The second kappa shape index (κ2) is 8.20. The Kier molecular flexibility index (Phi) is 5.74. The molecule has 0 spiro atoms. The van der Waals surface area contributed by atoms with Gasteiger partial charge in [0, 0.05) is 31.5 Å². The lowest BCUT2D eigenvalue weighted by Crippen LogP contribution is -2.40. The van der Waals surface area contributed by atoms with Gasteiger partial charge in [-0.3, -0.25) is 20.5 Å². The highest BCUT2D eigenvalue weighted by molar-refractivity contribution is 7.89. The molecule has 0 aliphatic carbocycles. The third-order valence-electron chi connectivity index (χ3n) is 3.88. The van der Waals surface area contributed by atoms with E-state index in [1.54, 1.807) is 24.5 Å². The lowest BCUT2D eigenvalue weighted by molar-refractivity contribution is -0.384. The van der Waals surface area contributed by atoms with Crippen LogP contribution in [0.5, 0.6) is 0 Å². The van der Waals surface area contributed by atoms with Crippen LogP contribution in [-0.2, 0) is 14.8 Å². The summed E-state index contributed by atoms with van der Waals surface area (Å²) in [7, 11) is -3.82. The molecule has 0 amide bonds. The third kappa shape index (κ3) is 4.45. The van der Waals surface area contributed by atoms with Gasteiger partial charge in [0.25, 0.3) is 5.69 Å². The number of pyridine rings is 1. The SMILES string of the molecule is O=[N+]([O-])c1cc(S(=O)(=O)N2CCOCC2)ccc1N/N=C/c1ccncc1. The molecule has 1 fully saturated rings. The van der Waals surface area contributed by atoms with Crippen molar-refractivity contribution in [1.82, 2.24) is 9.29 Å². The van der Waals surface area contributed by atoms with Crippen LogP contribution in [0.25, 0.3) is 0 Å². The number of nitro benzene ring substituents is 1. The van der Waals surface area contributed by atoms with Crippen molar-refractivity contribution in [2.45, 2.75) is 4.90 Å². The predicted octanol–water partition coefficient (Wildman–Crippen LogP) is 1.46. The van der Waals surface area contributed by atoms with Crippen molar-refractivity contribution in [3.63, 3.8) is 0 Å². The molecular weight excluding hydrogens is 374 g/mol. The Morgan fingerprint density at radius 1 is 1.22 bits per heavy atom. The second-order valence-electron chi connectivity index (χ2n) is 5.60. The van der Waals surface area contributed by atoms with E-state index in [-0.39, 0.29) is 29.4 Å². The smallest absolute Gasteiger partial charge is 0.295 e. The highest BCUT2D eigenvalue weighted by Crippen LogP contribution is 2.29. The number of ether oxygens (including phenoxy) is 1. The summed E-state index contributed by atoms with van der Waals surface area (Å²) in [5.74, 6) is 0. The summed E-state index contributed by atoms with van der Waals surface area (Å²) in [5, 5.41) is 15.3. The van der Waals surface area contributed by atoms with Crippen molar-refractivity contribution in [2.24, 2.45) is 5.10 Å². The highest BCUT2D eigenvalue weighted by Gasteiger charge is 2.28. The summed E-state index contributed by atoms with van der Waals surface area (Å²) in [4.78, 5) is 14.5. The monoisotopic (exact) mass is 391 g/mol. The van der Waals surface area contributed by atoms with Gasteiger partial charge in [-0.2, -0.15) is 9.41 Å². The maximum Gasteiger partial charge on any atom is 0.295 e. The molecule has 1 aromatic carbocycles. The largest absolute Gasteiger partial charge is 0.379 e. The van der Waals surface area contributed by atoms with E-state index in [1.165, 1.54) is 22.7 Å². The normalized spacial score (nSPS) is 15.7. The van der Waals surface area contributed by atoms with Crippen LogP contribution in [-0.4, -0.2) is 55.1 Å². The molecule has 3 rings (SSSR count). The van der Waals surface area contributed by atoms with Gasteiger partial charge in [-0.25, -0.2) is 8.42 Å². The van der Waals surface area contributed by atoms with Gasteiger partial charge in [-0.1, -0.05) is 0 Å². The number of hydrogen-bond donors (Lipinski definition) is 1. The Hall–Kier alpha value is -2.89. The Labute approximate surface area is 155 Å². The zero-order valence-electron chi connectivity index (χ0n) is 14.2. The zero-order valence-corrected chi connectivity index (χ0v) is 15.0. The number of rotatable bonds is 6. The Balaban J connectivity index is 1.84. The molecule has 0 bridgehead atoms. The Bertz CT molecular complexity index is 943. The summed E-state index contributed by atoms with van der Waals surface area (Å²) in [6, 6.07) is 7.13. The van der Waals surface area contributed by atoms with Crippen LogP contribution in [0.1, 0.15) is 5.56 Å². The predicted molar refractivity (Wildman–Crippen MR) is 98.1 cm³/mol. The lowest BCUT2D eigenvalue weighted by atomic mass is 10.3. The van der Waals surface area contributed by atoms with Crippen LogP contribution in [0.15, 0.2) is 52.7 Å². The summed E-state index contributed by atoms with van der Waals surface area (Å²) < 4.78 is 31.7. The van der Waals surface area contributed by atoms with E-state index in [4.69, 9.17) is 4.74 Å². The number of hydrazone groups is 1. The van der Waals surface area contributed by atoms with E-state index in [0.717, 1.165) is 11.6 Å². The van der Waals surface area contributed by atoms with Gasteiger partial charge in [0.2, 0.25) is 10.0 Å². The zero-order chi connectivity index (χ0) is 19.3. The first kappa shape index (κ1) is 18.9. The molecule has 2 aromatic rings. The maximum atomic E-state index is 12.7. The van der Waals surface area contributed by atoms with Crippen molar-refractivity contribution in [3.8, 4) is 0 Å². The molecule has 2 heterocycles. The van der Waals surface area contributed by atoms with Gasteiger partial charge in [0.05, 0.1) is 29.2 Å². The number of sulfonamides is 1. The number of nitrogens with zero attached hydrogens (tertiary/aromatic N) is 4. The van der Waals surface area contributed by atoms with Crippen molar-refractivity contribution in [1.29, 1.82) is 0 Å². The first-order valence-electron chi connectivity index (χ1n) is 8.04. The first-order chi connectivity index (χ1) is 13.0. The van der Waals surface area contributed by atoms with Crippen molar-refractivity contribution < 1.29 is 18.1 Å². The molecule has 1 aromatic heterocycles. The number of aromatic nitrogens is 1. The molecule has 0 radical (unpaired) electrons. The topological polar surface area (TPSA) is 127 Å². The molecule has 0 saturated carbocycles. The highest BCUT2D eigenvalue weighted by atomic mass is 32.2. The van der Waals surface area contributed by atoms with Gasteiger partial charge in [0.15, 0.2) is 0 Å². The van der Waals surface area contributed by atoms with Crippen LogP contribution in [0, 0.1) is 10.1 Å². The van der Waals surface area contributed by atoms with Crippen LogP contribution in [0.4, 0.5) is 11.4 Å². The average Bonchev–Trinajstić information content (AvgIpc) is 2.69. The number of benzene rings is 1. The number of morpholine rings is 1. The molecule has 11 heteroatoms. The van der Waals surface area contributed by atoms with Gasteiger partial charge < -0.3 is 4.74 Å². The summed E-state index contributed by atoms with van der Waals surface area (Å²) in [5.41, 5.74) is 3.05. The Morgan fingerprint density at radius 3 is 2.59 bits per heavy atom. The van der Waals surface area contributed by atoms with Gasteiger partial charge in [0.1, 0.15) is 5.69 Å². The fraction of sp³-hybridized carbons (Fsp3) is 0.250. The van der Waals surface area contributed by atoms with Crippen LogP contribution in [0.2, 0.25) is 0 Å². The molecule has 1 saturated heterocycles. The van der Waals surface area contributed by atoms with Crippen LogP contribution in [0.3, 0.4) is 0 Å². The van der Waals surface area contributed by atoms with Crippen LogP contribution < -0.4 is 5.43 Å². The number of nitro groups is 1. The van der Waals surface area contributed by atoms with E-state index >= 15 is 0 Å². The van der Waals surface area contributed by atoms with Gasteiger partial charge in [-0.15, -0.1) is 0 Å².